The van der Waals surface area contributed by atoms with Crippen LogP contribution in [0.2, 0.25) is 5.02 Å². The molecule has 2 aromatic heterocycles. The largest absolute Gasteiger partial charge is 0.354 e. The molecule has 7 nitrogen and oxygen atoms in total. The first-order valence-electron chi connectivity index (χ1n) is 13.9. The van der Waals surface area contributed by atoms with Gasteiger partial charge in [0.1, 0.15) is 15.5 Å². The second kappa shape index (κ2) is 11.9. The summed E-state index contributed by atoms with van der Waals surface area (Å²) in [6.45, 7) is 3.41. The quantitative estimate of drug-likeness (QED) is 0.248. The number of halogens is 2. The van der Waals surface area contributed by atoms with Gasteiger partial charge >= 0.3 is 0 Å². The van der Waals surface area contributed by atoms with E-state index >= 15 is 0 Å². The number of carbonyl (C=O) groups is 1. The number of likely N-dealkylation sites (tertiary alicyclic amines) is 1. The summed E-state index contributed by atoms with van der Waals surface area (Å²) >= 11 is 7.77. The molecule has 1 amide bonds. The van der Waals surface area contributed by atoms with E-state index in [-0.39, 0.29) is 29.6 Å². The topological polar surface area (TPSA) is 72.8 Å². The maximum atomic E-state index is 14.2. The van der Waals surface area contributed by atoms with Crippen molar-refractivity contribution in [3.8, 4) is 5.69 Å². The zero-order valence-electron chi connectivity index (χ0n) is 22.7. The van der Waals surface area contributed by atoms with Crippen molar-refractivity contribution >= 4 is 50.4 Å². The Labute approximate surface area is 246 Å². The SMILES string of the molecule is Cc1cc(Nc2c(C(=O)N3CCC[C@@H]3COC3CCCCO3)sc3c2ccc(=O)n3-c2ccccc2Cl)ccc1F. The van der Waals surface area contributed by atoms with Crippen LogP contribution in [0.5, 0.6) is 0 Å². The zero-order valence-corrected chi connectivity index (χ0v) is 24.3. The maximum absolute atomic E-state index is 14.2. The monoisotopic (exact) mass is 595 g/mol. The summed E-state index contributed by atoms with van der Waals surface area (Å²) in [5.41, 5.74) is 1.98. The number of carbonyl (C=O) groups excluding carboxylic acids is 1. The molecule has 0 aliphatic carbocycles. The van der Waals surface area contributed by atoms with Gasteiger partial charge in [0.05, 0.1) is 29.0 Å². The fraction of sp³-hybridized carbons (Fsp3) is 0.355. The standard InChI is InChI=1S/C31H31ClFN3O4S/c1-19-17-20(11-13-24(19)33)34-28-22-12-14-26(37)36(25-9-3-2-8-23(25)32)31(22)41-29(28)30(38)35-15-6-7-21(35)18-40-27-10-4-5-16-39-27/h2-3,8-9,11-14,17,21,27,34H,4-7,10,15-16,18H2,1H3/t21-,27?/m1/s1. The van der Waals surface area contributed by atoms with E-state index in [0.29, 0.717) is 62.5 Å². The Morgan fingerprint density at radius 2 is 2.00 bits per heavy atom. The fourth-order valence-electron chi connectivity index (χ4n) is 5.55. The predicted molar refractivity (Wildman–Crippen MR) is 160 cm³/mol. The molecular weight excluding hydrogens is 565 g/mol. The second-order valence-corrected chi connectivity index (χ2v) is 11.9. The van der Waals surface area contributed by atoms with Crippen LogP contribution < -0.4 is 10.9 Å². The number of benzene rings is 2. The lowest BCUT2D eigenvalue weighted by atomic mass is 10.1. The molecular formula is C31H31ClFN3O4S. The van der Waals surface area contributed by atoms with Crippen molar-refractivity contribution in [3.63, 3.8) is 0 Å². The van der Waals surface area contributed by atoms with Crippen molar-refractivity contribution in [2.45, 2.75) is 51.4 Å². The zero-order chi connectivity index (χ0) is 28.5. The van der Waals surface area contributed by atoms with Crippen LogP contribution in [-0.4, -0.2) is 47.5 Å². The van der Waals surface area contributed by atoms with Crippen LogP contribution >= 0.6 is 22.9 Å². The first-order chi connectivity index (χ1) is 19.9. The average molecular weight is 596 g/mol. The molecule has 2 aliphatic heterocycles. The van der Waals surface area contributed by atoms with Gasteiger partial charge in [-0.3, -0.25) is 14.2 Å². The van der Waals surface area contributed by atoms with E-state index in [1.54, 1.807) is 47.9 Å². The highest BCUT2D eigenvalue weighted by Gasteiger charge is 2.34. The highest BCUT2D eigenvalue weighted by Crippen LogP contribution is 2.40. The first kappa shape index (κ1) is 27.9. The van der Waals surface area contributed by atoms with Gasteiger partial charge in [-0.05, 0) is 81.0 Å². The first-order valence-corrected chi connectivity index (χ1v) is 15.1. The van der Waals surface area contributed by atoms with Crippen LogP contribution in [0, 0.1) is 12.7 Å². The number of aromatic nitrogens is 1. The number of amides is 1. The summed E-state index contributed by atoms with van der Waals surface area (Å²) in [6, 6.07) is 15.0. The maximum Gasteiger partial charge on any atom is 0.266 e. The molecule has 1 unspecified atom stereocenters. The molecule has 0 radical (unpaired) electrons. The number of rotatable bonds is 7. The van der Waals surface area contributed by atoms with Crippen LogP contribution in [-0.2, 0) is 9.47 Å². The van der Waals surface area contributed by atoms with E-state index in [0.717, 1.165) is 32.1 Å². The minimum absolute atomic E-state index is 0.0788. The number of ether oxygens (including phenoxy) is 2. The minimum atomic E-state index is -0.309. The Morgan fingerprint density at radius 3 is 2.78 bits per heavy atom. The van der Waals surface area contributed by atoms with Gasteiger partial charge in [-0.25, -0.2) is 4.39 Å². The number of thiophene rings is 1. The molecule has 41 heavy (non-hydrogen) atoms. The molecule has 2 atom stereocenters. The number of hydrogen-bond donors (Lipinski definition) is 1. The van der Waals surface area contributed by atoms with Gasteiger partial charge in [-0.15, -0.1) is 11.3 Å². The van der Waals surface area contributed by atoms with E-state index in [2.05, 4.69) is 5.32 Å². The van der Waals surface area contributed by atoms with E-state index in [1.807, 2.05) is 11.0 Å². The summed E-state index contributed by atoms with van der Waals surface area (Å²) in [4.78, 5) is 30.4. The molecule has 4 aromatic rings. The molecule has 2 saturated heterocycles. The average Bonchev–Trinajstić information content (AvgIpc) is 3.60. The molecule has 2 aromatic carbocycles. The Kier molecular flexibility index (Phi) is 8.12. The third-order valence-corrected chi connectivity index (χ3v) is 9.21. The summed E-state index contributed by atoms with van der Waals surface area (Å²) in [6.07, 6.45) is 4.47. The van der Waals surface area contributed by atoms with Crippen molar-refractivity contribution in [3.05, 3.63) is 86.2 Å². The van der Waals surface area contributed by atoms with Gasteiger partial charge in [0.15, 0.2) is 6.29 Å². The number of anilines is 2. The Balaban J connectivity index is 1.42. The third-order valence-electron chi connectivity index (χ3n) is 7.71. The summed E-state index contributed by atoms with van der Waals surface area (Å²) in [7, 11) is 0. The van der Waals surface area contributed by atoms with Crippen LogP contribution in [0.15, 0.2) is 59.4 Å². The number of nitrogens with one attached hydrogen (secondary N) is 1. The van der Waals surface area contributed by atoms with Crippen LogP contribution in [0.25, 0.3) is 15.9 Å². The summed E-state index contributed by atoms with van der Waals surface area (Å²) in [5, 5.41) is 4.50. The lowest BCUT2D eigenvalue weighted by molar-refractivity contribution is -0.168. The number of fused-ring (bicyclic) bond motifs is 1. The molecule has 10 heteroatoms. The molecule has 6 rings (SSSR count). The number of hydrogen-bond acceptors (Lipinski definition) is 6. The minimum Gasteiger partial charge on any atom is -0.354 e. The van der Waals surface area contributed by atoms with Gasteiger partial charge in [-0.1, -0.05) is 23.7 Å². The molecule has 1 N–H and O–H groups in total. The molecule has 2 fully saturated rings. The van der Waals surface area contributed by atoms with Crippen molar-refractivity contribution in [1.29, 1.82) is 0 Å². The van der Waals surface area contributed by atoms with Gasteiger partial charge in [0, 0.05) is 30.3 Å². The van der Waals surface area contributed by atoms with Gasteiger partial charge in [-0.2, -0.15) is 0 Å². The lowest BCUT2D eigenvalue weighted by Gasteiger charge is -2.28. The number of para-hydroxylation sites is 1. The van der Waals surface area contributed by atoms with E-state index in [4.69, 9.17) is 21.1 Å². The lowest BCUT2D eigenvalue weighted by Crippen LogP contribution is -2.39. The number of aryl methyl sites for hydroxylation is 1. The second-order valence-electron chi connectivity index (χ2n) is 10.5. The van der Waals surface area contributed by atoms with Crippen molar-refractivity contribution in [2.75, 3.05) is 25.1 Å². The number of pyridine rings is 1. The van der Waals surface area contributed by atoms with Gasteiger partial charge < -0.3 is 19.7 Å². The smallest absolute Gasteiger partial charge is 0.266 e. The molecule has 2 aliphatic rings. The summed E-state index contributed by atoms with van der Waals surface area (Å²) in [5.74, 6) is -0.446. The molecule has 4 heterocycles. The van der Waals surface area contributed by atoms with Crippen LogP contribution in [0.4, 0.5) is 15.8 Å². The van der Waals surface area contributed by atoms with Gasteiger partial charge in [0.25, 0.3) is 11.5 Å². The Bertz CT molecular complexity index is 1650. The highest BCUT2D eigenvalue weighted by atomic mass is 35.5. The predicted octanol–water partition coefficient (Wildman–Crippen LogP) is 7.04. The summed E-state index contributed by atoms with van der Waals surface area (Å²) < 4.78 is 27.4. The van der Waals surface area contributed by atoms with Crippen molar-refractivity contribution < 1.29 is 18.7 Å². The highest BCUT2D eigenvalue weighted by molar-refractivity contribution is 7.21. The third kappa shape index (κ3) is 5.64. The Hall–Kier alpha value is -3.24. The molecule has 0 bridgehead atoms. The van der Waals surface area contributed by atoms with Gasteiger partial charge in [0.2, 0.25) is 0 Å². The Morgan fingerprint density at radius 1 is 1.15 bits per heavy atom. The van der Waals surface area contributed by atoms with Crippen LogP contribution in [0.1, 0.15) is 47.3 Å². The van der Waals surface area contributed by atoms with Crippen LogP contribution in [0.3, 0.4) is 0 Å². The fourth-order valence-corrected chi connectivity index (χ4v) is 6.99. The van der Waals surface area contributed by atoms with Crippen molar-refractivity contribution in [1.82, 2.24) is 9.47 Å². The van der Waals surface area contributed by atoms with E-state index in [1.165, 1.54) is 23.5 Å². The van der Waals surface area contributed by atoms with E-state index < -0.39 is 0 Å². The molecule has 214 valence electrons. The van der Waals surface area contributed by atoms with Crippen molar-refractivity contribution in [2.24, 2.45) is 0 Å². The normalized spacial score (nSPS) is 19.1. The molecule has 0 spiro atoms. The molecule has 0 saturated carbocycles. The number of nitrogens with zero attached hydrogens (tertiary/aromatic N) is 2. The van der Waals surface area contributed by atoms with E-state index in [9.17, 15) is 14.0 Å².